The summed E-state index contributed by atoms with van der Waals surface area (Å²) in [5.74, 6) is 0.769. The Bertz CT molecular complexity index is 323. The minimum atomic E-state index is 0.0781. The lowest BCUT2D eigenvalue weighted by molar-refractivity contribution is 0.250. The van der Waals surface area contributed by atoms with Gasteiger partial charge in [-0.05, 0) is 13.8 Å². The number of hydrogen-bond acceptors (Lipinski definition) is 4. The predicted octanol–water partition coefficient (Wildman–Crippen LogP) is 0.208. The zero-order chi connectivity index (χ0) is 11.4. The first-order valence-corrected chi connectivity index (χ1v) is 5.00. The number of aliphatic hydroxyl groups excluding tert-OH is 1. The molecule has 0 saturated heterocycles. The maximum atomic E-state index is 8.90. The van der Waals surface area contributed by atoms with Crippen molar-refractivity contribution in [3.63, 3.8) is 0 Å². The van der Waals surface area contributed by atoms with Gasteiger partial charge in [0.1, 0.15) is 0 Å². The minimum Gasteiger partial charge on any atom is -0.481 e. The maximum absolute atomic E-state index is 8.90. The molecule has 0 bridgehead atoms. The monoisotopic (exact) mass is 213 g/mol. The highest BCUT2D eigenvalue weighted by molar-refractivity contribution is 5.30. The Labute approximate surface area is 90.1 Å². The van der Waals surface area contributed by atoms with Crippen molar-refractivity contribution in [2.24, 2.45) is 7.05 Å². The lowest BCUT2D eigenvalue weighted by Gasteiger charge is -2.11. The first-order valence-electron chi connectivity index (χ1n) is 5.00. The van der Waals surface area contributed by atoms with Crippen molar-refractivity contribution in [3.8, 4) is 5.88 Å². The van der Waals surface area contributed by atoms with E-state index >= 15 is 0 Å². The Hall–Kier alpha value is -1.07. The van der Waals surface area contributed by atoms with Gasteiger partial charge in [0, 0.05) is 19.6 Å². The highest BCUT2D eigenvalue weighted by Gasteiger charge is 2.13. The third-order valence-electron chi connectivity index (χ3n) is 2.38. The van der Waals surface area contributed by atoms with Crippen LogP contribution in [0, 0.1) is 6.92 Å². The number of nitrogens with one attached hydrogen (secondary N) is 1. The molecule has 0 aliphatic rings. The SMILES string of the molecule is COc1c(CN[C@H](C)CO)c(C)nn1C. The molecule has 0 aliphatic heterocycles. The van der Waals surface area contributed by atoms with Gasteiger partial charge >= 0.3 is 0 Å². The molecule has 0 spiro atoms. The van der Waals surface area contributed by atoms with E-state index in [4.69, 9.17) is 9.84 Å². The van der Waals surface area contributed by atoms with Crippen LogP contribution in [0.2, 0.25) is 0 Å². The summed E-state index contributed by atoms with van der Waals surface area (Å²) in [6.45, 7) is 4.66. The van der Waals surface area contributed by atoms with Crippen LogP contribution in [0.25, 0.3) is 0 Å². The highest BCUT2D eigenvalue weighted by atomic mass is 16.5. The first kappa shape index (κ1) is 12.0. The third kappa shape index (κ3) is 2.70. The van der Waals surface area contributed by atoms with Crippen LogP contribution in [0.15, 0.2) is 0 Å². The number of ether oxygens (including phenoxy) is 1. The quantitative estimate of drug-likeness (QED) is 0.734. The summed E-state index contributed by atoms with van der Waals surface area (Å²) in [5, 5.41) is 16.4. The average molecular weight is 213 g/mol. The van der Waals surface area contributed by atoms with Crippen LogP contribution in [0.1, 0.15) is 18.2 Å². The van der Waals surface area contributed by atoms with E-state index in [0.29, 0.717) is 6.54 Å². The van der Waals surface area contributed by atoms with Crippen molar-refractivity contribution in [2.45, 2.75) is 26.4 Å². The fourth-order valence-electron chi connectivity index (χ4n) is 1.48. The Kier molecular flexibility index (Phi) is 4.11. The van der Waals surface area contributed by atoms with Crippen LogP contribution in [-0.2, 0) is 13.6 Å². The Morgan fingerprint density at radius 2 is 2.27 bits per heavy atom. The zero-order valence-corrected chi connectivity index (χ0v) is 9.74. The molecule has 0 aromatic carbocycles. The summed E-state index contributed by atoms with van der Waals surface area (Å²) in [7, 11) is 3.49. The summed E-state index contributed by atoms with van der Waals surface area (Å²) in [5.41, 5.74) is 1.99. The van der Waals surface area contributed by atoms with Gasteiger partial charge < -0.3 is 15.2 Å². The van der Waals surface area contributed by atoms with Crippen molar-refractivity contribution in [1.29, 1.82) is 0 Å². The molecular weight excluding hydrogens is 194 g/mol. The summed E-state index contributed by atoms with van der Waals surface area (Å²) >= 11 is 0. The Morgan fingerprint density at radius 1 is 1.60 bits per heavy atom. The number of methoxy groups -OCH3 is 1. The number of aryl methyl sites for hydroxylation is 2. The van der Waals surface area contributed by atoms with E-state index in [2.05, 4.69) is 10.4 Å². The van der Waals surface area contributed by atoms with Crippen molar-refractivity contribution in [1.82, 2.24) is 15.1 Å². The number of hydrogen-bond donors (Lipinski definition) is 2. The zero-order valence-electron chi connectivity index (χ0n) is 9.74. The number of aliphatic hydroxyl groups is 1. The second kappa shape index (κ2) is 5.14. The average Bonchev–Trinajstić information content (AvgIpc) is 2.49. The maximum Gasteiger partial charge on any atom is 0.216 e. The van der Waals surface area contributed by atoms with Crippen molar-refractivity contribution in [2.75, 3.05) is 13.7 Å². The van der Waals surface area contributed by atoms with Gasteiger partial charge in [-0.1, -0.05) is 0 Å². The predicted molar refractivity (Wildman–Crippen MR) is 57.9 cm³/mol. The molecule has 5 heteroatoms. The number of aromatic nitrogens is 2. The van der Waals surface area contributed by atoms with Crippen LogP contribution in [-0.4, -0.2) is 34.6 Å². The van der Waals surface area contributed by atoms with Gasteiger partial charge in [-0.2, -0.15) is 5.10 Å². The lowest BCUT2D eigenvalue weighted by Crippen LogP contribution is -2.28. The molecule has 15 heavy (non-hydrogen) atoms. The molecule has 0 radical (unpaired) electrons. The van der Waals surface area contributed by atoms with Crippen LogP contribution in [0.4, 0.5) is 0 Å². The van der Waals surface area contributed by atoms with E-state index in [1.807, 2.05) is 20.9 Å². The van der Waals surface area contributed by atoms with E-state index in [-0.39, 0.29) is 12.6 Å². The summed E-state index contributed by atoms with van der Waals surface area (Å²) < 4.78 is 6.98. The van der Waals surface area contributed by atoms with Crippen LogP contribution in [0.5, 0.6) is 5.88 Å². The first-order chi connectivity index (χ1) is 7.10. The van der Waals surface area contributed by atoms with Gasteiger partial charge in [-0.3, -0.25) is 0 Å². The van der Waals surface area contributed by atoms with E-state index in [1.54, 1.807) is 11.8 Å². The van der Waals surface area contributed by atoms with Crippen molar-refractivity contribution < 1.29 is 9.84 Å². The second-order valence-electron chi connectivity index (χ2n) is 3.66. The topological polar surface area (TPSA) is 59.3 Å². The van der Waals surface area contributed by atoms with Gasteiger partial charge in [-0.25, -0.2) is 4.68 Å². The molecular formula is C10H19N3O2. The molecule has 1 aromatic rings. The molecule has 0 saturated carbocycles. The van der Waals surface area contributed by atoms with Gasteiger partial charge in [-0.15, -0.1) is 0 Å². The van der Waals surface area contributed by atoms with Crippen LogP contribution < -0.4 is 10.1 Å². The standard InChI is InChI=1S/C10H19N3O2/c1-7(6-14)11-5-9-8(2)12-13(3)10(9)15-4/h7,11,14H,5-6H2,1-4H3/t7-/m1/s1. The molecule has 0 unspecified atom stereocenters. The van der Waals surface area contributed by atoms with Crippen LogP contribution >= 0.6 is 0 Å². The normalized spacial score (nSPS) is 12.9. The second-order valence-corrected chi connectivity index (χ2v) is 3.66. The molecule has 0 amide bonds. The fourth-order valence-corrected chi connectivity index (χ4v) is 1.48. The number of rotatable bonds is 5. The highest BCUT2D eigenvalue weighted by Crippen LogP contribution is 2.20. The van der Waals surface area contributed by atoms with E-state index in [0.717, 1.165) is 17.1 Å². The fraction of sp³-hybridized carbons (Fsp3) is 0.700. The molecule has 1 aromatic heterocycles. The van der Waals surface area contributed by atoms with Gasteiger partial charge in [0.25, 0.3) is 0 Å². The summed E-state index contributed by atoms with van der Waals surface area (Å²) in [6.07, 6.45) is 0. The van der Waals surface area contributed by atoms with Gasteiger partial charge in [0.2, 0.25) is 5.88 Å². The van der Waals surface area contributed by atoms with Crippen molar-refractivity contribution >= 4 is 0 Å². The smallest absolute Gasteiger partial charge is 0.216 e. The minimum absolute atomic E-state index is 0.0781. The summed E-state index contributed by atoms with van der Waals surface area (Å²) in [6, 6.07) is 0.0781. The van der Waals surface area contributed by atoms with E-state index in [9.17, 15) is 0 Å². The lowest BCUT2D eigenvalue weighted by atomic mass is 10.2. The summed E-state index contributed by atoms with van der Waals surface area (Å²) in [4.78, 5) is 0. The largest absolute Gasteiger partial charge is 0.481 e. The number of nitrogens with zero attached hydrogens (tertiary/aromatic N) is 2. The molecule has 1 rings (SSSR count). The van der Waals surface area contributed by atoms with E-state index in [1.165, 1.54) is 0 Å². The Balaban J connectivity index is 2.75. The van der Waals surface area contributed by atoms with Gasteiger partial charge in [0.15, 0.2) is 0 Å². The molecule has 1 heterocycles. The van der Waals surface area contributed by atoms with Gasteiger partial charge in [0.05, 0.1) is 25.0 Å². The Morgan fingerprint density at radius 3 is 2.80 bits per heavy atom. The molecule has 0 fully saturated rings. The molecule has 0 aliphatic carbocycles. The molecule has 5 nitrogen and oxygen atoms in total. The van der Waals surface area contributed by atoms with Crippen molar-refractivity contribution in [3.05, 3.63) is 11.3 Å². The third-order valence-corrected chi connectivity index (χ3v) is 2.38. The van der Waals surface area contributed by atoms with Crippen LogP contribution in [0.3, 0.4) is 0 Å². The molecule has 2 N–H and O–H groups in total. The molecule has 1 atom stereocenters. The molecule has 86 valence electrons. The van der Waals surface area contributed by atoms with E-state index < -0.39 is 0 Å².